The highest BCUT2D eigenvalue weighted by Crippen LogP contribution is 2.19. The summed E-state index contributed by atoms with van der Waals surface area (Å²) in [6.07, 6.45) is 0. The summed E-state index contributed by atoms with van der Waals surface area (Å²) in [5, 5.41) is 4.39. The van der Waals surface area contributed by atoms with E-state index in [9.17, 15) is 4.79 Å². The maximum absolute atomic E-state index is 11.8. The summed E-state index contributed by atoms with van der Waals surface area (Å²) in [7, 11) is 1.35. The maximum Gasteiger partial charge on any atom is 0.340 e. The number of esters is 1. The second kappa shape index (κ2) is 5.14. The van der Waals surface area contributed by atoms with E-state index in [4.69, 9.17) is 10.5 Å². The Morgan fingerprint density at radius 3 is 2.74 bits per heavy atom. The zero-order valence-corrected chi connectivity index (χ0v) is 11.3. The molecule has 0 radical (unpaired) electrons. The molecule has 0 spiro atoms. The number of ether oxygens (including phenoxy) is 1. The van der Waals surface area contributed by atoms with Gasteiger partial charge in [0.25, 0.3) is 0 Å². The minimum atomic E-state index is -0.422. The first-order chi connectivity index (χ1) is 9.02. The Labute approximate surface area is 112 Å². The van der Waals surface area contributed by atoms with E-state index in [1.165, 1.54) is 7.11 Å². The number of carbonyl (C=O) groups is 1. The molecule has 1 heterocycles. The molecular formula is C14H17N3O2. The molecule has 0 bridgehead atoms. The standard InChI is InChI=1S/C14H17N3O2/c1-9-7-10(2)17(16-9)8-11-5-4-6-12(15)13(11)14(18)19-3/h4-7H,8,15H2,1-3H3. The van der Waals surface area contributed by atoms with Gasteiger partial charge in [0.05, 0.1) is 24.9 Å². The van der Waals surface area contributed by atoms with Crippen LogP contribution in [0.2, 0.25) is 0 Å². The average molecular weight is 259 g/mol. The van der Waals surface area contributed by atoms with E-state index in [0.29, 0.717) is 17.8 Å². The van der Waals surface area contributed by atoms with E-state index in [2.05, 4.69) is 5.10 Å². The van der Waals surface area contributed by atoms with Crippen molar-refractivity contribution >= 4 is 11.7 Å². The molecule has 0 aliphatic rings. The van der Waals surface area contributed by atoms with Crippen LogP contribution in [-0.4, -0.2) is 22.9 Å². The summed E-state index contributed by atoms with van der Waals surface area (Å²) in [4.78, 5) is 11.8. The molecule has 0 saturated heterocycles. The Morgan fingerprint density at radius 2 is 2.16 bits per heavy atom. The van der Waals surface area contributed by atoms with Crippen LogP contribution in [0.4, 0.5) is 5.69 Å². The molecule has 0 atom stereocenters. The van der Waals surface area contributed by atoms with E-state index in [1.54, 1.807) is 6.07 Å². The Balaban J connectivity index is 2.43. The third kappa shape index (κ3) is 2.59. The number of carbonyl (C=O) groups excluding carboxylic acids is 1. The topological polar surface area (TPSA) is 70.1 Å². The predicted molar refractivity (Wildman–Crippen MR) is 73.0 cm³/mol. The zero-order valence-electron chi connectivity index (χ0n) is 11.3. The number of methoxy groups -OCH3 is 1. The number of aromatic nitrogens is 2. The van der Waals surface area contributed by atoms with Gasteiger partial charge in [-0.05, 0) is 31.5 Å². The number of anilines is 1. The lowest BCUT2D eigenvalue weighted by Crippen LogP contribution is -2.13. The molecule has 100 valence electrons. The van der Waals surface area contributed by atoms with Crippen LogP contribution < -0.4 is 5.73 Å². The third-order valence-electron chi connectivity index (χ3n) is 3.00. The number of rotatable bonds is 3. The summed E-state index contributed by atoms with van der Waals surface area (Å²) >= 11 is 0. The minimum Gasteiger partial charge on any atom is -0.465 e. The molecule has 19 heavy (non-hydrogen) atoms. The lowest BCUT2D eigenvalue weighted by Gasteiger charge is -2.11. The van der Waals surface area contributed by atoms with Crippen LogP contribution in [0.5, 0.6) is 0 Å². The highest BCUT2D eigenvalue weighted by atomic mass is 16.5. The molecule has 0 saturated carbocycles. The second-order valence-corrected chi connectivity index (χ2v) is 4.46. The van der Waals surface area contributed by atoms with E-state index < -0.39 is 5.97 Å². The predicted octanol–water partition coefficient (Wildman–Crippen LogP) is 1.92. The van der Waals surface area contributed by atoms with Crippen molar-refractivity contribution in [1.29, 1.82) is 0 Å². The van der Waals surface area contributed by atoms with Crippen LogP contribution in [0.3, 0.4) is 0 Å². The fourth-order valence-corrected chi connectivity index (χ4v) is 2.10. The molecule has 5 nitrogen and oxygen atoms in total. The second-order valence-electron chi connectivity index (χ2n) is 4.46. The summed E-state index contributed by atoms with van der Waals surface area (Å²) in [5.41, 5.74) is 9.49. The van der Waals surface area contributed by atoms with Gasteiger partial charge in [-0.15, -0.1) is 0 Å². The van der Waals surface area contributed by atoms with Gasteiger partial charge in [0.2, 0.25) is 0 Å². The first-order valence-corrected chi connectivity index (χ1v) is 5.99. The molecule has 0 amide bonds. The molecule has 2 N–H and O–H groups in total. The van der Waals surface area contributed by atoms with Gasteiger partial charge < -0.3 is 10.5 Å². The first kappa shape index (κ1) is 13.1. The number of aryl methyl sites for hydroxylation is 2. The van der Waals surface area contributed by atoms with Crippen molar-refractivity contribution in [2.75, 3.05) is 12.8 Å². The SMILES string of the molecule is COC(=O)c1c(N)cccc1Cn1nc(C)cc1C. The molecule has 0 aliphatic heterocycles. The smallest absolute Gasteiger partial charge is 0.340 e. The summed E-state index contributed by atoms with van der Waals surface area (Å²) < 4.78 is 6.63. The Bertz CT molecular complexity index is 617. The highest BCUT2D eigenvalue weighted by Gasteiger charge is 2.16. The Kier molecular flexibility index (Phi) is 3.55. The quantitative estimate of drug-likeness (QED) is 0.675. The van der Waals surface area contributed by atoms with Crippen LogP contribution in [0.1, 0.15) is 27.3 Å². The number of nitrogen functional groups attached to an aromatic ring is 1. The fourth-order valence-electron chi connectivity index (χ4n) is 2.10. The van der Waals surface area contributed by atoms with Gasteiger partial charge in [-0.2, -0.15) is 5.10 Å². The van der Waals surface area contributed by atoms with Crippen molar-refractivity contribution in [3.05, 3.63) is 46.8 Å². The number of nitrogens with zero attached hydrogens (tertiary/aromatic N) is 2. The molecule has 2 rings (SSSR count). The lowest BCUT2D eigenvalue weighted by molar-refractivity contribution is 0.0600. The van der Waals surface area contributed by atoms with Gasteiger partial charge in [0.1, 0.15) is 0 Å². The van der Waals surface area contributed by atoms with Gasteiger partial charge in [-0.25, -0.2) is 4.79 Å². The van der Waals surface area contributed by atoms with Crippen molar-refractivity contribution in [1.82, 2.24) is 9.78 Å². The summed E-state index contributed by atoms with van der Waals surface area (Å²) in [6.45, 7) is 4.41. The summed E-state index contributed by atoms with van der Waals surface area (Å²) in [5.74, 6) is -0.422. The van der Waals surface area contributed by atoms with Crippen LogP contribution >= 0.6 is 0 Å². The monoisotopic (exact) mass is 259 g/mol. The van der Waals surface area contributed by atoms with Gasteiger partial charge in [0.15, 0.2) is 0 Å². The van der Waals surface area contributed by atoms with Crippen molar-refractivity contribution in [2.24, 2.45) is 0 Å². The van der Waals surface area contributed by atoms with E-state index >= 15 is 0 Å². The van der Waals surface area contributed by atoms with E-state index in [1.807, 2.05) is 36.7 Å². The van der Waals surface area contributed by atoms with Gasteiger partial charge >= 0.3 is 5.97 Å². The molecule has 1 aromatic carbocycles. The van der Waals surface area contributed by atoms with Crippen molar-refractivity contribution < 1.29 is 9.53 Å². The van der Waals surface area contributed by atoms with Gasteiger partial charge in [-0.3, -0.25) is 4.68 Å². The molecule has 1 aromatic heterocycles. The highest BCUT2D eigenvalue weighted by molar-refractivity contribution is 5.96. The number of hydrogen-bond acceptors (Lipinski definition) is 4. The average Bonchev–Trinajstić information content (AvgIpc) is 2.67. The Hall–Kier alpha value is -2.30. The van der Waals surface area contributed by atoms with Crippen molar-refractivity contribution in [3.63, 3.8) is 0 Å². The molecule has 5 heteroatoms. The molecular weight excluding hydrogens is 242 g/mol. The van der Waals surface area contributed by atoms with Crippen LogP contribution in [0.15, 0.2) is 24.3 Å². The van der Waals surface area contributed by atoms with Crippen molar-refractivity contribution in [2.45, 2.75) is 20.4 Å². The van der Waals surface area contributed by atoms with Gasteiger partial charge in [0, 0.05) is 11.4 Å². The number of hydrogen-bond donors (Lipinski definition) is 1. The minimum absolute atomic E-state index is 0.414. The molecule has 2 aromatic rings. The molecule has 0 fully saturated rings. The van der Waals surface area contributed by atoms with Crippen LogP contribution in [0, 0.1) is 13.8 Å². The number of benzene rings is 1. The normalized spacial score (nSPS) is 10.5. The Morgan fingerprint density at radius 1 is 1.42 bits per heavy atom. The maximum atomic E-state index is 11.8. The lowest BCUT2D eigenvalue weighted by atomic mass is 10.1. The number of nitrogens with two attached hydrogens (primary N) is 1. The van der Waals surface area contributed by atoms with E-state index in [0.717, 1.165) is 17.0 Å². The van der Waals surface area contributed by atoms with Gasteiger partial charge in [-0.1, -0.05) is 12.1 Å². The van der Waals surface area contributed by atoms with Crippen LogP contribution in [-0.2, 0) is 11.3 Å². The fraction of sp³-hybridized carbons (Fsp3) is 0.286. The first-order valence-electron chi connectivity index (χ1n) is 5.99. The largest absolute Gasteiger partial charge is 0.465 e. The van der Waals surface area contributed by atoms with E-state index in [-0.39, 0.29) is 0 Å². The third-order valence-corrected chi connectivity index (χ3v) is 3.00. The zero-order chi connectivity index (χ0) is 14.0. The molecule has 0 aliphatic carbocycles. The summed E-state index contributed by atoms with van der Waals surface area (Å²) in [6, 6.07) is 7.36. The van der Waals surface area contributed by atoms with Crippen molar-refractivity contribution in [3.8, 4) is 0 Å². The molecule has 0 unspecified atom stereocenters. The van der Waals surface area contributed by atoms with Crippen LogP contribution in [0.25, 0.3) is 0 Å².